The van der Waals surface area contributed by atoms with Crippen LogP contribution in [-0.4, -0.2) is 29.7 Å². The Morgan fingerprint density at radius 2 is 2.28 bits per heavy atom. The summed E-state index contributed by atoms with van der Waals surface area (Å²) in [7, 11) is 0. The van der Waals surface area contributed by atoms with Crippen LogP contribution < -0.4 is 5.32 Å². The fourth-order valence-corrected chi connectivity index (χ4v) is 2.50. The molecule has 4 nitrogen and oxygen atoms in total. The molecule has 2 rings (SSSR count). The molecule has 1 aromatic heterocycles. The van der Waals surface area contributed by atoms with Gasteiger partial charge in [0.05, 0.1) is 9.26 Å². The van der Waals surface area contributed by atoms with Crippen molar-refractivity contribution in [3.8, 4) is 0 Å². The molecule has 1 aromatic rings. The van der Waals surface area contributed by atoms with Crippen LogP contribution in [0.3, 0.4) is 0 Å². The number of rotatable bonds is 5. The Morgan fingerprint density at radius 3 is 2.94 bits per heavy atom. The second kappa shape index (κ2) is 6.65. The highest BCUT2D eigenvalue weighted by Crippen LogP contribution is 2.22. The average Bonchev–Trinajstić information content (AvgIpc) is 2.84. The lowest BCUT2D eigenvalue weighted by Gasteiger charge is -2.12. The number of nitrogens with one attached hydrogen (secondary N) is 1. The van der Waals surface area contributed by atoms with E-state index in [1.807, 2.05) is 0 Å². The molecular formula is C13H20IN3O. The summed E-state index contributed by atoms with van der Waals surface area (Å²) in [6, 6.07) is 0. The molecule has 1 aliphatic heterocycles. The summed E-state index contributed by atoms with van der Waals surface area (Å²) >= 11 is 2.31. The number of nitrogens with zero attached hydrogens (tertiary/aromatic N) is 2. The van der Waals surface area contributed by atoms with Gasteiger partial charge >= 0.3 is 0 Å². The minimum absolute atomic E-state index is 0.587. The van der Waals surface area contributed by atoms with E-state index in [2.05, 4.69) is 51.7 Å². The summed E-state index contributed by atoms with van der Waals surface area (Å²) in [6.07, 6.45) is 3.16. The minimum Gasteiger partial charge on any atom is -0.381 e. The van der Waals surface area contributed by atoms with Crippen molar-refractivity contribution in [2.24, 2.45) is 5.92 Å². The third kappa shape index (κ3) is 3.54. The number of halogens is 1. The van der Waals surface area contributed by atoms with Gasteiger partial charge in [0.1, 0.15) is 11.6 Å². The first-order valence-corrected chi connectivity index (χ1v) is 7.63. The molecule has 0 amide bonds. The maximum Gasteiger partial charge on any atom is 0.143 e. The standard InChI is InChI=1S/C13H20IN3O/c1-3-5-15-13-12(14)9(2)16-11(17-13)7-10-4-6-18-8-10/h10H,3-8H2,1-2H3,(H,15,16,17). The zero-order valence-electron chi connectivity index (χ0n) is 11.0. The predicted octanol–water partition coefficient (Wildman–Crippen LogP) is 2.79. The van der Waals surface area contributed by atoms with Gasteiger partial charge in [0.15, 0.2) is 0 Å². The molecule has 0 aliphatic carbocycles. The zero-order valence-corrected chi connectivity index (χ0v) is 13.2. The van der Waals surface area contributed by atoms with Crippen LogP contribution in [0.4, 0.5) is 5.82 Å². The Balaban J connectivity index is 2.11. The van der Waals surface area contributed by atoms with Gasteiger partial charge in [-0.05, 0) is 48.3 Å². The minimum atomic E-state index is 0.587. The van der Waals surface area contributed by atoms with Crippen LogP contribution in [0.15, 0.2) is 0 Å². The Hall–Kier alpha value is -0.430. The van der Waals surface area contributed by atoms with Gasteiger partial charge in [-0.1, -0.05) is 6.92 Å². The molecule has 0 spiro atoms. The van der Waals surface area contributed by atoms with Crippen molar-refractivity contribution in [1.82, 2.24) is 9.97 Å². The van der Waals surface area contributed by atoms with Crippen LogP contribution >= 0.6 is 22.6 Å². The number of hydrogen-bond donors (Lipinski definition) is 1. The number of aromatic nitrogens is 2. The van der Waals surface area contributed by atoms with Gasteiger partial charge in [-0.2, -0.15) is 0 Å². The normalized spacial score (nSPS) is 19.2. The predicted molar refractivity (Wildman–Crippen MR) is 80.9 cm³/mol. The number of ether oxygens (including phenoxy) is 1. The Morgan fingerprint density at radius 1 is 1.44 bits per heavy atom. The summed E-state index contributed by atoms with van der Waals surface area (Å²) in [5, 5.41) is 3.38. The highest BCUT2D eigenvalue weighted by atomic mass is 127. The first kappa shape index (κ1) is 14.0. The van der Waals surface area contributed by atoms with E-state index in [1.165, 1.54) is 0 Å². The first-order chi connectivity index (χ1) is 8.70. The molecule has 1 aliphatic rings. The Bertz CT molecular complexity index is 405. The molecule has 0 saturated carbocycles. The fourth-order valence-electron chi connectivity index (χ4n) is 2.07. The maximum absolute atomic E-state index is 5.41. The molecule has 5 heteroatoms. The molecular weight excluding hydrogens is 341 g/mol. The van der Waals surface area contributed by atoms with Crippen LogP contribution in [0, 0.1) is 16.4 Å². The van der Waals surface area contributed by atoms with Crippen molar-refractivity contribution in [1.29, 1.82) is 0 Å². The van der Waals surface area contributed by atoms with Crippen molar-refractivity contribution in [2.75, 3.05) is 25.1 Å². The van der Waals surface area contributed by atoms with Crippen LogP contribution in [0.5, 0.6) is 0 Å². The van der Waals surface area contributed by atoms with Gasteiger partial charge in [0.25, 0.3) is 0 Å². The second-order valence-electron chi connectivity index (χ2n) is 4.75. The molecule has 18 heavy (non-hydrogen) atoms. The van der Waals surface area contributed by atoms with Crippen molar-refractivity contribution >= 4 is 28.4 Å². The summed E-state index contributed by atoms with van der Waals surface area (Å²) in [4.78, 5) is 9.24. The molecule has 0 bridgehead atoms. The molecule has 1 atom stereocenters. The maximum atomic E-state index is 5.41. The summed E-state index contributed by atoms with van der Waals surface area (Å²) in [5.41, 5.74) is 1.07. The number of anilines is 1. The molecule has 100 valence electrons. The first-order valence-electron chi connectivity index (χ1n) is 6.55. The highest BCUT2D eigenvalue weighted by molar-refractivity contribution is 14.1. The zero-order chi connectivity index (χ0) is 13.0. The third-order valence-corrected chi connectivity index (χ3v) is 4.39. The van der Waals surface area contributed by atoms with E-state index in [1.54, 1.807) is 0 Å². The van der Waals surface area contributed by atoms with Crippen molar-refractivity contribution in [2.45, 2.75) is 33.1 Å². The number of aryl methyl sites for hydroxylation is 1. The van der Waals surface area contributed by atoms with E-state index in [4.69, 9.17) is 4.74 Å². The van der Waals surface area contributed by atoms with Gasteiger partial charge < -0.3 is 10.1 Å². The Labute approximate surface area is 122 Å². The quantitative estimate of drug-likeness (QED) is 0.820. The summed E-state index contributed by atoms with van der Waals surface area (Å²) in [6.45, 7) is 6.90. The third-order valence-electron chi connectivity index (χ3n) is 3.10. The highest BCUT2D eigenvalue weighted by Gasteiger charge is 2.18. The van der Waals surface area contributed by atoms with Gasteiger partial charge in [-0.15, -0.1) is 0 Å². The Kier molecular flexibility index (Phi) is 5.17. The fraction of sp³-hybridized carbons (Fsp3) is 0.692. The van der Waals surface area contributed by atoms with E-state index in [9.17, 15) is 0 Å². The van der Waals surface area contributed by atoms with Crippen molar-refractivity contribution in [3.63, 3.8) is 0 Å². The van der Waals surface area contributed by atoms with Gasteiger partial charge in [-0.3, -0.25) is 0 Å². The molecule has 0 aromatic carbocycles. The van der Waals surface area contributed by atoms with Crippen LogP contribution in [0.1, 0.15) is 31.3 Å². The lowest BCUT2D eigenvalue weighted by Crippen LogP contribution is -2.12. The number of hydrogen-bond acceptors (Lipinski definition) is 4. The molecule has 1 unspecified atom stereocenters. The van der Waals surface area contributed by atoms with E-state index in [-0.39, 0.29) is 0 Å². The molecule has 2 heterocycles. The molecule has 0 radical (unpaired) electrons. The summed E-state index contributed by atoms with van der Waals surface area (Å²) in [5.74, 6) is 2.52. The van der Waals surface area contributed by atoms with E-state index in [0.717, 1.165) is 59.9 Å². The van der Waals surface area contributed by atoms with Gasteiger partial charge in [-0.25, -0.2) is 9.97 Å². The van der Waals surface area contributed by atoms with Crippen LogP contribution in [-0.2, 0) is 11.2 Å². The van der Waals surface area contributed by atoms with Crippen molar-refractivity contribution in [3.05, 3.63) is 15.1 Å². The molecule has 1 fully saturated rings. The lowest BCUT2D eigenvalue weighted by molar-refractivity contribution is 0.185. The van der Waals surface area contributed by atoms with Gasteiger partial charge in [0, 0.05) is 26.2 Å². The van der Waals surface area contributed by atoms with Crippen molar-refractivity contribution < 1.29 is 4.74 Å². The second-order valence-corrected chi connectivity index (χ2v) is 5.83. The van der Waals surface area contributed by atoms with Crippen LogP contribution in [0.2, 0.25) is 0 Å². The van der Waals surface area contributed by atoms with E-state index in [0.29, 0.717) is 5.92 Å². The van der Waals surface area contributed by atoms with Crippen LogP contribution in [0.25, 0.3) is 0 Å². The molecule has 1 saturated heterocycles. The summed E-state index contributed by atoms with van der Waals surface area (Å²) < 4.78 is 6.54. The monoisotopic (exact) mass is 361 g/mol. The molecule has 1 N–H and O–H groups in total. The van der Waals surface area contributed by atoms with E-state index >= 15 is 0 Å². The largest absolute Gasteiger partial charge is 0.381 e. The lowest BCUT2D eigenvalue weighted by atomic mass is 10.0. The van der Waals surface area contributed by atoms with Gasteiger partial charge in [0.2, 0.25) is 0 Å². The SMILES string of the molecule is CCCNc1nc(CC2CCOC2)nc(C)c1I. The van der Waals surface area contributed by atoms with E-state index < -0.39 is 0 Å². The smallest absolute Gasteiger partial charge is 0.143 e. The average molecular weight is 361 g/mol. The topological polar surface area (TPSA) is 47.0 Å².